The van der Waals surface area contributed by atoms with Gasteiger partial charge in [0.1, 0.15) is 0 Å². The highest BCUT2D eigenvalue weighted by Crippen LogP contribution is 2.63. The maximum Gasteiger partial charge on any atom is 0.0725 e. The zero-order valence-electron chi connectivity index (χ0n) is 35.8. The van der Waals surface area contributed by atoms with Crippen LogP contribution >= 0.6 is 0 Å². The van der Waals surface area contributed by atoms with Crippen LogP contribution in [0.25, 0.3) is 99.1 Å². The Morgan fingerprint density at radius 2 is 0.688 bits per heavy atom. The molecule has 0 bridgehead atoms. The van der Waals surface area contributed by atoms with Gasteiger partial charge in [0.15, 0.2) is 0 Å². The zero-order valence-corrected chi connectivity index (χ0v) is 35.8. The molecule has 3 aliphatic rings. The maximum atomic E-state index is 2.54. The molecule has 0 N–H and O–H groups in total. The van der Waals surface area contributed by atoms with Crippen molar-refractivity contribution in [2.24, 2.45) is 0 Å². The topological polar surface area (TPSA) is 0 Å². The van der Waals surface area contributed by atoms with Crippen LogP contribution in [0.5, 0.6) is 0 Å². The largest absolute Gasteiger partial charge is 0.0725 e. The summed E-state index contributed by atoms with van der Waals surface area (Å²) in [6.45, 7) is 4.78. The Labute approximate surface area is 373 Å². The Morgan fingerprint density at radius 3 is 1.28 bits per heavy atom. The Bertz CT molecular complexity index is 3680. The number of hydrogen-bond donors (Lipinski definition) is 0. The van der Waals surface area contributed by atoms with Crippen LogP contribution in [0.4, 0.5) is 0 Å². The highest BCUT2D eigenvalue weighted by atomic mass is 14.5. The fourth-order valence-corrected chi connectivity index (χ4v) is 12.7. The van der Waals surface area contributed by atoms with E-state index in [-0.39, 0.29) is 5.41 Å². The van der Waals surface area contributed by atoms with Crippen LogP contribution in [0.3, 0.4) is 0 Å². The van der Waals surface area contributed by atoms with Crippen LogP contribution in [0.2, 0.25) is 0 Å². The number of fused-ring (bicyclic) bond motifs is 17. The molecule has 0 unspecified atom stereocenters. The quantitative estimate of drug-likeness (QED) is 0.156. The predicted octanol–water partition coefficient (Wildman–Crippen LogP) is 16.8. The second-order valence-corrected chi connectivity index (χ2v) is 18.6. The molecule has 0 heteroatoms. The van der Waals surface area contributed by atoms with Gasteiger partial charge in [-0.2, -0.15) is 0 Å². The van der Waals surface area contributed by atoms with Crippen molar-refractivity contribution in [2.75, 3.05) is 0 Å². The van der Waals surface area contributed by atoms with Crippen LogP contribution in [-0.4, -0.2) is 0 Å². The minimum absolute atomic E-state index is 0.101. The lowest BCUT2D eigenvalue weighted by Gasteiger charge is -2.30. The Hall–Kier alpha value is -7.80. The fraction of sp³-hybridized carbons (Fsp3) is 0.0625. The summed E-state index contributed by atoms with van der Waals surface area (Å²) in [4.78, 5) is 0. The average Bonchev–Trinajstić information content (AvgIpc) is 3.91. The summed E-state index contributed by atoms with van der Waals surface area (Å²) in [5, 5.41) is 7.72. The Kier molecular flexibility index (Phi) is 7.20. The summed E-state index contributed by atoms with van der Waals surface area (Å²) in [6, 6.07) is 82.6. The molecule has 0 atom stereocenters. The average molecular weight is 811 g/mol. The van der Waals surface area contributed by atoms with Gasteiger partial charge in [0.2, 0.25) is 0 Å². The van der Waals surface area contributed by atoms with Crippen molar-refractivity contribution in [3.8, 4) is 66.8 Å². The van der Waals surface area contributed by atoms with Gasteiger partial charge >= 0.3 is 0 Å². The highest BCUT2D eigenvalue weighted by Gasteiger charge is 2.51. The highest BCUT2D eigenvalue weighted by molar-refractivity contribution is 6.21. The standard InChI is InChI=1S/C64H42/c1-63(2)57-29-15-25-43(61(57)53-37-34-39-16-3-4-17-44(39)62(53)63)40-30-32-41(33-31-40)59-49-21-5-7-23-51(49)60(52-24-8-6-22-50(52)59)42-35-36-48-47-20-11-14-28-56(47)64(58(48)38-42)54-26-12-9-18-45(54)46-19-10-13-27-55(46)64/h3-38H,1-2H3. The van der Waals surface area contributed by atoms with Crippen LogP contribution < -0.4 is 0 Å². The third kappa shape index (κ3) is 4.52. The molecule has 3 aliphatic carbocycles. The van der Waals surface area contributed by atoms with E-state index in [1.54, 1.807) is 0 Å². The maximum absolute atomic E-state index is 2.54. The fourth-order valence-electron chi connectivity index (χ4n) is 12.7. The molecule has 11 aromatic carbocycles. The molecule has 298 valence electrons. The molecule has 0 radical (unpaired) electrons. The van der Waals surface area contributed by atoms with E-state index < -0.39 is 5.41 Å². The smallest absolute Gasteiger partial charge is 0.0619 e. The Morgan fingerprint density at radius 1 is 0.266 bits per heavy atom. The molecule has 14 rings (SSSR count). The lowest BCUT2D eigenvalue weighted by Crippen LogP contribution is -2.25. The van der Waals surface area contributed by atoms with Gasteiger partial charge in [0, 0.05) is 5.41 Å². The molecule has 0 nitrogen and oxygen atoms in total. The van der Waals surface area contributed by atoms with E-state index in [9.17, 15) is 0 Å². The van der Waals surface area contributed by atoms with Gasteiger partial charge in [0.05, 0.1) is 5.41 Å². The molecule has 0 saturated heterocycles. The SMILES string of the molecule is CC1(C)c2cccc(-c3ccc(-c4c5ccccc5c(-c5ccc6c(c5)C5(c7ccccc7-c7ccccc75)c5ccccc5-6)c5ccccc45)cc3)c2-c2ccc3ccccc3c21. The Balaban J connectivity index is 0.953. The summed E-state index contributed by atoms with van der Waals surface area (Å²) in [5.41, 5.74) is 23.4. The molecule has 64 heavy (non-hydrogen) atoms. The molecule has 0 heterocycles. The number of rotatable bonds is 3. The van der Waals surface area contributed by atoms with Gasteiger partial charge in [-0.15, -0.1) is 0 Å². The third-order valence-electron chi connectivity index (χ3n) is 15.3. The van der Waals surface area contributed by atoms with Gasteiger partial charge in [0.25, 0.3) is 0 Å². The molecule has 1 spiro atoms. The van der Waals surface area contributed by atoms with E-state index in [1.807, 2.05) is 0 Å². The van der Waals surface area contributed by atoms with Crippen molar-refractivity contribution in [1.29, 1.82) is 0 Å². The first kappa shape index (κ1) is 35.8. The summed E-state index contributed by atoms with van der Waals surface area (Å²) in [5.74, 6) is 0. The van der Waals surface area contributed by atoms with Crippen LogP contribution in [0.1, 0.15) is 47.2 Å². The second kappa shape index (κ2) is 12.9. The first-order valence-corrected chi connectivity index (χ1v) is 22.7. The van der Waals surface area contributed by atoms with Crippen LogP contribution in [-0.2, 0) is 10.8 Å². The van der Waals surface area contributed by atoms with Crippen LogP contribution in [0.15, 0.2) is 218 Å². The van der Waals surface area contributed by atoms with Gasteiger partial charge in [-0.05, 0) is 139 Å². The normalized spacial score (nSPS) is 14.3. The molecular formula is C64H42. The van der Waals surface area contributed by atoms with E-state index in [0.717, 1.165) is 0 Å². The van der Waals surface area contributed by atoms with Gasteiger partial charge in [-0.25, -0.2) is 0 Å². The van der Waals surface area contributed by atoms with Gasteiger partial charge in [-0.3, -0.25) is 0 Å². The summed E-state index contributed by atoms with van der Waals surface area (Å²) in [6.07, 6.45) is 0. The van der Waals surface area contributed by atoms with E-state index in [4.69, 9.17) is 0 Å². The number of benzene rings is 11. The van der Waals surface area contributed by atoms with Crippen molar-refractivity contribution in [2.45, 2.75) is 24.7 Å². The minimum atomic E-state index is -0.396. The monoisotopic (exact) mass is 810 g/mol. The summed E-state index contributed by atoms with van der Waals surface area (Å²) < 4.78 is 0. The molecule has 0 aliphatic heterocycles. The van der Waals surface area contributed by atoms with Gasteiger partial charge in [-0.1, -0.05) is 226 Å². The summed E-state index contributed by atoms with van der Waals surface area (Å²) in [7, 11) is 0. The van der Waals surface area contributed by atoms with E-state index in [2.05, 4.69) is 232 Å². The third-order valence-corrected chi connectivity index (χ3v) is 15.3. The van der Waals surface area contributed by atoms with Crippen LogP contribution in [0, 0.1) is 0 Å². The summed E-state index contributed by atoms with van der Waals surface area (Å²) >= 11 is 0. The van der Waals surface area contributed by atoms with E-state index in [0.29, 0.717) is 0 Å². The van der Waals surface area contributed by atoms with Crippen molar-refractivity contribution < 1.29 is 0 Å². The predicted molar refractivity (Wildman–Crippen MR) is 269 cm³/mol. The van der Waals surface area contributed by atoms with Crippen molar-refractivity contribution >= 4 is 32.3 Å². The molecule has 0 aromatic heterocycles. The molecule has 11 aromatic rings. The van der Waals surface area contributed by atoms with E-state index in [1.165, 1.54) is 132 Å². The van der Waals surface area contributed by atoms with Crippen molar-refractivity contribution in [3.63, 3.8) is 0 Å². The molecule has 0 saturated carbocycles. The molecule has 0 fully saturated rings. The van der Waals surface area contributed by atoms with Crippen molar-refractivity contribution in [1.82, 2.24) is 0 Å². The van der Waals surface area contributed by atoms with E-state index >= 15 is 0 Å². The van der Waals surface area contributed by atoms with Crippen molar-refractivity contribution in [3.05, 3.63) is 252 Å². The number of hydrogen-bond acceptors (Lipinski definition) is 0. The first-order chi connectivity index (χ1) is 31.5. The van der Waals surface area contributed by atoms with Gasteiger partial charge < -0.3 is 0 Å². The molecule has 0 amide bonds. The first-order valence-electron chi connectivity index (χ1n) is 22.7. The second-order valence-electron chi connectivity index (χ2n) is 18.6. The molecular weight excluding hydrogens is 769 g/mol. The lowest BCUT2D eigenvalue weighted by molar-refractivity contribution is 0.666. The lowest BCUT2D eigenvalue weighted by atomic mass is 9.70. The minimum Gasteiger partial charge on any atom is -0.0619 e. The zero-order chi connectivity index (χ0) is 42.3.